The summed E-state index contributed by atoms with van der Waals surface area (Å²) < 4.78 is 5.56. The Bertz CT molecular complexity index is 612. The van der Waals surface area contributed by atoms with Crippen LogP contribution in [0.4, 0.5) is 0 Å². The van der Waals surface area contributed by atoms with Crippen molar-refractivity contribution in [3.63, 3.8) is 0 Å². The smallest absolute Gasteiger partial charge is 0.305 e. The molecule has 0 amide bonds. The largest absolute Gasteiger partial charge is 0.481 e. The second kappa shape index (κ2) is 25.5. The third-order valence-electron chi connectivity index (χ3n) is 8.48. The SMILES string of the molecule is CCCCCCCCC(C)COC(=O)CCCCCN(CCN(CCO)CCCCCC(=O)O)C1CCCCC1. The highest BCUT2D eigenvalue weighted by molar-refractivity contribution is 5.69. The minimum Gasteiger partial charge on any atom is -0.481 e. The van der Waals surface area contributed by atoms with Crippen molar-refractivity contribution in [3.05, 3.63) is 0 Å². The summed E-state index contributed by atoms with van der Waals surface area (Å²) in [6.45, 7) is 9.78. The topological polar surface area (TPSA) is 90.3 Å². The van der Waals surface area contributed by atoms with E-state index in [0.29, 0.717) is 31.5 Å². The molecule has 1 atom stereocenters. The highest BCUT2D eigenvalue weighted by Crippen LogP contribution is 2.23. The van der Waals surface area contributed by atoms with E-state index in [2.05, 4.69) is 23.6 Å². The molecule has 40 heavy (non-hydrogen) atoms. The number of hydrogen-bond acceptors (Lipinski definition) is 6. The molecule has 0 saturated heterocycles. The third kappa shape index (κ3) is 20.7. The average Bonchev–Trinajstić information content (AvgIpc) is 2.95. The van der Waals surface area contributed by atoms with Crippen LogP contribution in [0.5, 0.6) is 0 Å². The molecule has 0 radical (unpaired) electrons. The standard InChI is InChI=1S/C33H64N2O5/c1-3-4-5-6-7-11-18-30(2)29-40-33(39)22-15-10-17-24-35(31-19-12-8-13-20-31)26-25-34(27-28-36)23-16-9-14-21-32(37)38/h30-31,36H,3-29H2,1-2H3,(H,37,38). The number of aliphatic hydroxyl groups excluding tert-OH is 1. The Labute approximate surface area is 246 Å². The van der Waals surface area contributed by atoms with Gasteiger partial charge in [0.1, 0.15) is 0 Å². The van der Waals surface area contributed by atoms with Crippen LogP contribution >= 0.6 is 0 Å². The van der Waals surface area contributed by atoms with Crippen molar-refractivity contribution in [3.8, 4) is 0 Å². The van der Waals surface area contributed by atoms with Crippen LogP contribution in [0.3, 0.4) is 0 Å². The molecule has 0 aromatic carbocycles. The molecule has 0 aliphatic heterocycles. The number of carbonyl (C=O) groups is 2. The molecule has 2 N–H and O–H groups in total. The molecular weight excluding hydrogens is 504 g/mol. The van der Waals surface area contributed by atoms with Gasteiger partial charge in [-0.3, -0.25) is 19.4 Å². The van der Waals surface area contributed by atoms with E-state index in [1.165, 1.54) is 70.6 Å². The van der Waals surface area contributed by atoms with Crippen LogP contribution in [0, 0.1) is 5.92 Å². The molecule has 0 aromatic rings. The Hall–Kier alpha value is -1.18. The Morgan fingerprint density at radius 1 is 0.775 bits per heavy atom. The summed E-state index contributed by atoms with van der Waals surface area (Å²) in [5, 5.41) is 18.4. The minimum absolute atomic E-state index is 0.0399. The van der Waals surface area contributed by atoms with Gasteiger partial charge in [-0.15, -0.1) is 0 Å². The summed E-state index contributed by atoms with van der Waals surface area (Å²) >= 11 is 0. The van der Waals surface area contributed by atoms with E-state index in [1.807, 2.05) is 0 Å². The molecule has 1 fully saturated rings. The van der Waals surface area contributed by atoms with Gasteiger partial charge in [0, 0.05) is 38.5 Å². The second-order valence-electron chi connectivity index (χ2n) is 12.3. The molecule has 1 unspecified atom stereocenters. The maximum Gasteiger partial charge on any atom is 0.305 e. The number of rotatable bonds is 27. The van der Waals surface area contributed by atoms with E-state index in [1.54, 1.807) is 0 Å². The van der Waals surface area contributed by atoms with Gasteiger partial charge in [-0.1, -0.05) is 84.5 Å². The first-order valence-electron chi connectivity index (χ1n) is 16.9. The minimum atomic E-state index is -0.722. The van der Waals surface area contributed by atoms with Crippen molar-refractivity contribution >= 4 is 11.9 Å². The van der Waals surface area contributed by atoms with Crippen LogP contribution in [-0.4, -0.2) is 83.9 Å². The van der Waals surface area contributed by atoms with E-state index in [9.17, 15) is 14.7 Å². The van der Waals surface area contributed by atoms with Gasteiger partial charge in [-0.05, 0) is 64.0 Å². The highest BCUT2D eigenvalue weighted by Gasteiger charge is 2.21. The number of ether oxygens (including phenoxy) is 1. The summed E-state index contributed by atoms with van der Waals surface area (Å²) in [5.41, 5.74) is 0. The maximum atomic E-state index is 12.3. The monoisotopic (exact) mass is 568 g/mol. The Morgan fingerprint density at radius 2 is 1.43 bits per heavy atom. The summed E-state index contributed by atoms with van der Waals surface area (Å²) in [6, 6.07) is 0.651. The summed E-state index contributed by atoms with van der Waals surface area (Å²) in [4.78, 5) is 28.0. The lowest BCUT2D eigenvalue weighted by atomic mass is 9.94. The van der Waals surface area contributed by atoms with Gasteiger partial charge < -0.3 is 14.9 Å². The van der Waals surface area contributed by atoms with Gasteiger partial charge in [-0.2, -0.15) is 0 Å². The first-order valence-corrected chi connectivity index (χ1v) is 16.9. The maximum absolute atomic E-state index is 12.3. The summed E-state index contributed by atoms with van der Waals surface area (Å²) in [6.07, 6.45) is 22.0. The van der Waals surface area contributed by atoms with E-state index < -0.39 is 5.97 Å². The molecule has 236 valence electrons. The van der Waals surface area contributed by atoms with Crippen molar-refractivity contribution in [2.24, 2.45) is 5.92 Å². The molecule has 7 nitrogen and oxygen atoms in total. The molecule has 0 aromatic heterocycles. The fourth-order valence-corrected chi connectivity index (χ4v) is 5.88. The predicted octanol–water partition coefficient (Wildman–Crippen LogP) is 7.05. The number of aliphatic carboxylic acids is 1. The molecule has 1 aliphatic carbocycles. The van der Waals surface area contributed by atoms with Gasteiger partial charge in [-0.25, -0.2) is 0 Å². The average molecular weight is 569 g/mol. The van der Waals surface area contributed by atoms with Crippen molar-refractivity contribution in [1.29, 1.82) is 0 Å². The molecule has 1 saturated carbocycles. The number of carboxylic acids is 1. The van der Waals surface area contributed by atoms with Gasteiger partial charge >= 0.3 is 11.9 Å². The molecule has 0 heterocycles. The van der Waals surface area contributed by atoms with E-state index in [4.69, 9.17) is 9.84 Å². The van der Waals surface area contributed by atoms with Crippen molar-refractivity contribution < 1.29 is 24.5 Å². The fourth-order valence-electron chi connectivity index (χ4n) is 5.88. The number of carbonyl (C=O) groups excluding carboxylic acids is 1. The van der Waals surface area contributed by atoms with Crippen molar-refractivity contribution in [1.82, 2.24) is 9.80 Å². The fraction of sp³-hybridized carbons (Fsp3) is 0.939. The molecule has 1 aliphatic rings. The van der Waals surface area contributed by atoms with Gasteiger partial charge in [0.05, 0.1) is 13.2 Å². The predicted molar refractivity (Wildman–Crippen MR) is 165 cm³/mol. The third-order valence-corrected chi connectivity index (χ3v) is 8.48. The molecule has 0 bridgehead atoms. The first-order chi connectivity index (χ1) is 19.5. The Kier molecular flexibility index (Phi) is 23.5. The van der Waals surface area contributed by atoms with Crippen LogP contribution in [0.2, 0.25) is 0 Å². The van der Waals surface area contributed by atoms with Crippen LogP contribution in [0.25, 0.3) is 0 Å². The molecule has 1 rings (SSSR count). The number of aliphatic hydroxyl groups is 1. The highest BCUT2D eigenvalue weighted by atomic mass is 16.5. The van der Waals surface area contributed by atoms with Gasteiger partial charge in [0.2, 0.25) is 0 Å². The number of hydrogen-bond donors (Lipinski definition) is 2. The second-order valence-corrected chi connectivity index (χ2v) is 12.3. The van der Waals surface area contributed by atoms with E-state index in [-0.39, 0.29) is 19.0 Å². The lowest BCUT2D eigenvalue weighted by Gasteiger charge is -2.36. The van der Waals surface area contributed by atoms with Crippen LogP contribution < -0.4 is 0 Å². The normalized spacial score (nSPS) is 15.1. The zero-order valence-electron chi connectivity index (χ0n) is 26.3. The van der Waals surface area contributed by atoms with E-state index in [0.717, 1.165) is 71.1 Å². The lowest BCUT2D eigenvalue weighted by Crippen LogP contribution is -2.43. The van der Waals surface area contributed by atoms with Crippen LogP contribution in [-0.2, 0) is 14.3 Å². The summed E-state index contributed by atoms with van der Waals surface area (Å²) in [5.74, 6) is -0.308. The van der Waals surface area contributed by atoms with Gasteiger partial charge in [0.15, 0.2) is 0 Å². The van der Waals surface area contributed by atoms with E-state index >= 15 is 0 Å². The van der Waals surface area contributed by atoms with Crippen molar-refractivity contribution in [2.75, 3.05) is 45.9 Å². The Balaban J connectivity index is 2.28. The zero-order chi connectivity index (χ0) is 29.3. The Morgan fingerprint density at radius 3 is 2.12 bits per heavy atom. The van der Waals surface area contributed by atoms with Crippen molar-refractivity contribution in [2.45, 2.75) is 148 Å². The lowest BCUT2D eigenvalue weighted by molar-refractivity contribution is -0.145. The number of unbranched alkanes of at least 4 members (excludes halogenated alkanes) is 9. The number of esters is 1. The molecule has 7 heteroatoms. The quantitative estimate of drug-likeness (QED) is 0.0810. The van der Waals surface area contributed by atoms with Crippen LogP contribution in [0.15, 0.2) is 0 Å². The number of nitrogens with zero attached hydrogens (tertiary/aromatic N) is 2. The first kappa shape index (κ1) is 36.8. The molecule has 0 spiro atoms. The summed E-state index contributed by atoms with van der Waals surface area (Å²) in [7, 11) is 0. The molecular formula is C33H64N2O5. The van der Waals surface area contributed by atoms with Crippen LogP contribution in [0.1, 0.15) is 142 Å². The number of carboxylic acid groups (broad SMARTS) is 1. The van der Waals surface area contributed by atoms with Gasteiger partial charge in [0.25, 0.3) is 0 Å². The zero-order valence-corrected chi connectivity index (χ0v) is 26.3.